The van der Waals surface area contributed by atoms with Gasteiger partial charge in [0.15, 0.2) is 5.16 Å². The van der Waals surface area contributed by atoms with Gasteiger partial charge in [0.1, 0.15) is 17.4 Å². The van der Waals surface area contributed by atoms with Crippen LogP contribution in [0.1, 0.15) is 43.4 Å². The first-order valence-corrected chi connectivity index (χ1v) is 12.3. The molecule has 0 saturated heterocycles. The smallest absolute Gasteiger partial charge is 0.336 e. The molecule has 0 saturated carbocycles. The number of hydrogen-bond acceptors (Lipinski definition) is 7. The quantitative estimate of drug-likeness (QED) is 0.258. The summed E-state index contributed by atoms with van der Waals surface area (Å²) >= 11 is 1.22. The number of carbonyl (C=O) groups is 1. The molecule has 1 aliphatic heterocycles. The highest BCUT2D eigenvalue weighted by molar-refractivity contribution is 7.98. The summed E-state index contributed by atoms with van der Waals surface area (Å²) in [5.74, 6) is -0.140. The first-order valence-electron chi connectivity index (χ1n) is 11.3. The number of ether oxygens (including phenoxy) is 2. The molecule has 1 aliphatic rings. The minimum atomic E-state index is -0.678. The molecule has 0 aliphatic carbocycles. The summed E-state index contributed by atoms with van der Waals surface area (Å²) in [6.45, 7) is 6.12. The van der Waals surface area contributed by atoms with E-state index in [-0.39, 0.29) is 18.0 Å². The maximum atomic E-state index is 14.0. The fourth-order valence-electron chi connectivity index (χ4n) is 4.00. The molecule has 2 heterocycles. The lowest BCUT2D eigenvalue weighted by Crippen LogP contribution is -2.31. The number of nitrogens with zero attached hydrogens (tertiary/aromatic N) is 1. The van der Waals surface area contributed by atoms with E-state index in [1.165, 1.54) is 17.8 Å². The van der Waals surface area contributed by atoms with Gasteiger partial charge in [0.25, 0.3) is 5.56 Å². The number of rotatable bonds is 8. The third kappa shape index (κ3) is 5.24. The first kappa shape index (κ1) is 24.5. The van der Waals surface area contributed by atoms with E-state index in [4.69, 9.17) is 9.47 Å². The molecule has 4 rings (SSSR count). The van der Waals surface area contributed by atoms with Gasteiger partial charge in [-0.05, 0) is 50.1 Å². The van der Waals surface area contributed by atoms with Crippen molar-refractivity contribution in [2.24, 2.45) is 0 Å². The number of hydrogen-bond donors (Lipinski definition) is 2. The van der Waals surface area contributed by atoms with E-state index in [1.807, 2.05) is 19.1 Å². The molecule has 0 radical (unpaired) electrons. The van der Waals surface area contributed by atoms with Gasteiger partial charge in [-0.2, -0.15) is 0 Å². The number of esters is 1. The second-order valence-corrected chi connectivity index (χ2v) is 8.80. The second-order valence-electron chi connectivity index (χ2n) is 7.83. The molecule has 0 fully saturated rings. The minimum Gasteiger partial charge on any atom is -0.494 e. The number of aromatic nitrogens is 2. The van der Waals surface area contributed by atoms with Crippen LogP contribution in [0.2, 0.25) is 0 Å². The Hall–Kier alpha value is -3.59. The summed E-state index contributed by atoms with van der Waals surface area (Å²) < 4.78 is 24.9. The van der Waals surface area contributed by atoms with E-state index >= 15 is 0 Å². The van der Waals surface area contributed by atoms with E-state index in [0.29, 0.717) is 51.5 Å². The number of fused-ring (bicyclic) bond motifs is 1. The predicted octanol–water partition coefficient (Wildman–Crippen LogP) is 4.99. The van der Waals surface area contributed by atoms with E-state index in [2.05, 4.69) is 15.3 Å². The Bertz CT molecular complexity index is 1320. The largest absolute Gasteiger partial charge is 0.494 e. The number of nitrogens with one attached hydrogen (secondary N) is 2. The number of benzene rings is 2. The van der Waals surface area contributed by atoms with Crippen LogP contribution in [0.15, 0.2) is 69.8 Å². The summed E-state index contributed by atoms with van der Waals surface area (Å²) in [6, 6.07) is 13.7. The zero-order chi connectivity index (χ0) is 24.9. The molecule has 0 amide bonds. The molecule has 7 nitrogen and oxygen atoms in total. The lowest BCUT2D eigenvalue weighted by Gasteiger charge is -2.29. The molecule has 0 bridgehead atoms. The molecule has 0 spiro atoms. The van der Waals surface area contributed by atoms with Gasteiger partial charge in [0.05, 0.1) is 30.3 Å². The predicted molar refractivity (Wildman–Crippen MR) is 133 cm³/mol. The highest BCUT2D eigenvalue weighted by Crippen LogP contribution is 2.40. The van der Waals surface area contributed by atoms with Crippen molar-refractivity contribution in [3.05, 3.63) is 92.7 Å². The highest BCUT2D eigenvalue weighted by Gasteiger charge is 2.36. The number of anilines is 1. The molecule has 1 unspecified atom stereocenters. The van der Waals surface area contributed by atoms with Crippen LogP contribution in [0.3, 0.4) is 0 Å². The van der Waals surface area contributed by atoms with Gasteiger partial charge in [0.2, 0.25) is 0 Å². The van der Waals surface area contributed by atoms with Crippen molar-refractivity contribution in [1.29, 1.82) is 0 Å². The van der Waals surface area contributed by atoms with Crippen molar-refractivity contribution >= 4 is 23.5 Å². The summed E-state index contributed by atoms with van der Waals surface area (Å²) in [7, 11) is 0. The van der Waals surface area contributed by atoms with Crippen LogP contribution in [0.25, 0.3) is 0 Å². The number of thioether (sulfide) groups is 1. The molecule has 3 aromatic rings. The molecule has 35 heavy (non-hydrogen) atoms. The Labute approximate surface area is 206 Å². The van der Waals surface area contributed by atoms with E-state index < -0.39 is 11.9 Å². The van der Waals surface area contributed by atoms with Crippen LogP contribution in [-0.2, 0) is 15.3 Å². The maximum absolute atomic E-state index is 14.0. The van der Waals surface area contributed by atoms with Crippen molar-refractivity contribution < 1.29 is 18.7 Å². The van der Waals surface area contributed by atoms with Crippen LogP contribution in [0.5, 0.6) is 5.75 Å². The van der Waals surface area contributed by atoms with Gasteiger partial charge in [-0.1, -0.05) is 42.1 Å². The number of aromatic amines is 1. The van der Waals surface area contributed by atoms with Crippen molar-refractivity contribution in [3.8, 4) is 5.75 Å². The zero-order valence-corrected chi connectivity index (χ0v) is 20.5. The van der Waals surface area contributed by atoms with Gasteiger partial charge in [0, 0.05) is 11.4 Å². The first-order chi connectivity index (χ1) is 16.9. The average Bonchev–Trinajstić information content (AvgIpc) is 2.83. The van der Waals surface area contributed by atoms with Crippen molar-refractivity contribution in [1.82, 2.24) is 9.97 Å². The lowest BCUT2D eigenvalue weighted by molar-refractivity contribution is -0.138. The average molecular weight is 496 g/mol. The monoisotopic (exact) mass is 495 g/mol. The fraction of sp³-hybridized carbons (Fsp3) is 0.269. The lowest BCUT2D eigenvalue weighted by atomic mass is 9.82. The van der Waals surface area contributed by atoms with Crippen molar-refractivity contribution in [2.75, 3.05) is 18.5 Å². The molecular formula is C26H26FN3O4S. The van der Waals surface area contributed by atoms with E-state index in [0.717, 1.165) is 5.56 Å². The minimum absolute atomic E-state index is 0.207. The van der Waals surface area contributed by atoms with Crippen LogP contribution in [0, 0.1) is 5.82 Å². The SMILES string of the molecule is CCOC(=O)C1=C(C)Nc2nc(SCc3ccccc3F)[nH]c(=O)c2C1c1ccc(OCC)cc1. The van der Waals surface area contributed by atoms with Gasteiger partial charge in [-0.25, -0.2) is 14.2 Å². The van der Waals surface area contributed by atoms with Crippen LogP contribution < -0.4 is 15.6 Å². The van der Waals surface area contributed by atoms with Crippen LogP contribution in [-0.4, -0.2) is 29.2 Å². The van der Waals surface area contributed by atoms with Crippen LogP contribution >= 0.6 is 11.8 Å². The Morgan fingerprint density at radius 3 is 2.54 bits per heavy atom. The number of H-pyrrole nitrogens is 1. The summed E-state index contributed by atoms with van der Waals surface area (Å²) in [5.41, 5.74) is 2.08. The second kappa shape index (κ2) is 10.8. The van der Waals surface area contributed by atoms with Crippen molar-refractivity contribution in [3.63, 3.8) is 0 Å². The third-order valence-electron chi connectivity index (χ3n) is 5.56. The fourth-order valence-corrected chi connectivity index (χ4v) is 4.84. The summed E-state index contributed by atoms with van der Waals surface area (Å²) in [6.07, 6.45) is 0. The van der Waals surface area contributed by atoms with E-state index in [1.54, 1.807) is 44.2 Å². The van der Waals surface area contributed by atoms with Gasteiger partial charge in [-0.15, -0.1) is 0 Å². The third-order valence-corrected chi connectivity index (χ3v) is 6.48. The molecule has 182 valence electrons. The molecule has 1 atom stereocenters. The molecule has 1 aromatic heterocycles. The Morgan fingerprint density at radius 1 is 1.11 bits per heavy atom. The van der Waals surface area contributed by atoms with Crippen molar-refractivity contribution in [2.45, 2.75) is 37.6 Å². The molecule has 9 heteroatoms. The zero-order valence-electron chi connectivity index (χ0n) is 19.7. The van der Waals surface area contributed by atoms with E-state index in [9.17, 15) is 14.0 Å². The topological polar surface area (TPSA) is 93.3 Å². The standard InChI is InChI=1S/C26H26FN3O4S/c1-4-33-18-12-10-16(11-13-18)21-20(25(32)34-5-2)15(3)28-23-22(21)24(31)30-26(29-23)35-14-17-8-6-7-9-19(17)27/h6-13,21H,4-5,14H2,1-3H3,(H2,28,29,30,31). The normalized spacial score (nSPS) is 14.8. The molecule has 2 N–H and O–H groups in total. The number of halogens is 1. The Kier molecular flexibility index (Phi) is 7.55. The number of allylic oxidation sites excluding steroid dienone is 1. The Morgan fingerprint density at radius 2 is 1.86 bits per heavy atom. The maximum Gasteiger partial charge on any atom is 0.336 e. The van der Waals surface area contributed by atoms with Crippen LogP contribution in [0.4, 0.5) is 10.2 Å². The summed E-state index contributed by atoms with van der Waals surface area (Å²) in [4.78, 5) is 33.6. The summed E-state index contributed by atoms with van der Waals surface area (Å²) in [5, 5.41) is 3.46. The Balaban J connectivity index is 1.75. The molecule has 2 aromatic carbocycles. The molecular weight excluding hydrogens is 469 g/mol. The van der Waals surface area contributed by atoms with Gasteiger partial charge in [-0.3, -0.25) is 4.79 Å². The van der Waals surface area contributed by atoms with Gasteiger partial charge < -0.3 is 19.8 Å². The van der Waals surface area contributed by atoms with Gasteiger partial charge >= 0.3 is 5.97 Å². The number of carbonyl (C=O) groups excluding carboxylic acids is 1. The highest BCUT2D eigenvalue weighted by atomic mass is 32.2.